The number of nitro groups is 1. The van der Waals surface area contributed by atoms with Crippen molar-refractivity contribution in [2.45, 2.75) is 39.0 Å². The molecule has 1 amide bonds. The standard InChI is InChI=1S/C20H20F2N2O5/c1-2-28-18-10-13(6-9-17(18)29-20(21)22)12-23(15-7-8-15)19(25)14-4-3-5-16(11-14)24(26)27/h3-6,9-11,15,20H,2,7-8,12H2,1H3. The largest absolute Gasteiger partial charge is 0.490 e. The Labute approximate surface area is 166 Å². The Kier molecular flexibility index (Phi) is 6.26. The monoisotopic (exact) mass is 406 g/mol. The van der Waals surface area contributed by atoms with Crippen LogP contribution < -0.4 is 9.47 Å². The molecule has 0 spiro atoms. The van der Waals surface area contributed by atoms with Crippen molar-refractivity contribution in [3.05, 3.63) is 63.7 Å². The van der Waals surface area contributed by atoms with Crippen molar-refractivity contribution in [2.24, 2.45) is 0 Å². The van der Waals surface area contributed by atoms with Gasteiger partial charge >= 0.3 is 6.61 Å². The topological polar surface area (TPSA) is 81.9 Å². The van der Waals surface area contributed by atoms with Crippen LogP contribution in [-0.2, 0) is 6.54 Å². The van der Waals surface area contributed by atoms with Crippen molar-refractivity contribution in [1.29, 1.82) is 0 Å². The SMILES string of the molecule is CCOc1cc(CN(C(=O)c2cccc([N+](=O)[O-])c2)C2CC2)ccc1OC(F)F. The van der Waals surface area contributed by atoms with Crippen LogP contribution in [0.5, 0.6) is 11.5 Å². The molecule has 2 aromatic rings. The van der Waals surface area contributed by atoms with E-state index in [4.69, 9.17) is 4.74 Å². The summed E-state index contributed by atoms with van der Waals surface area (Å²) in [5, 5.41) is 11.0. The van der Waals surface area contributed by atoms with Gasteiger partial charge in [0.2, 0.25) is 0 Å². The van der Waals surface area contributed by atoms with Gasteiger partial charge in [-0.1, -0.05) is 12.1 Å². The van der Waals surface area contributed by atoms with E-state index in [1.807, 2.05) is 0 Å². The first-order chi connectivity index (χ1) is 13.9. The zero-order valence-electron chi connectivity index (χ0n) is 15.7. The van der Waals surface area contributed by atoms with Crippen molar-refractivity contribution < 1.29 is 28.0 Å². The third-order valence-corrected chi connectivity index (χ3v) is 4.43. The van der Waals surface area contributed by atoms with Gasteiger partial charge in [0, 0.05) is 30.3 Å². The molecule has 0 N–H and O–H groups in total. The summed E-state index contributed by atoms with van der Waals surface area (Å²) in [6.45, 7) is -0.761. The summed E-state index contributed by atoms with van der Waals surface area (Å²) in [7, 11) is 0. The van der Waals surface area contributed by atoms with Crippen LogP contribution in [0, 0.1) is 10.1 Å². The summed E-state index contributed by atoms with van der Waals surface area (Å²) in [5.41, 5.74) is 0.758. The van der Waals surface area contributed by atoms with Crippen molar-refractivity contribution in [2.75, 3.05) is 6.61 Å². The molecule has 29 heavy (non-hydrogen) atoms. The van der Waals surface area contributed by atoms with Crippen molar-refractivity contribution in [3.8, 4) is 11.5 Å². The van der Waals surface area contributed by atoms with Gasteiger partial charge in [0.05, 0.1) is 11.5 Å². The Balaban J connectivity index is 1.84. The highest BCUT2D eigenvalue weighted by Gasteiger charge is 2.33. The number of benzene rings is 2. The Hall–Kier alpha value is -3.23. The lowest BCUT2D eigenvalue weighted by Crippen LogP contribution is -2.32. The molecule has 0 heterocycles. The second-order valence-corrected chi connectivity index (χ2v) is 6.56. The van der Waals surface area contributed by atoms with E-state index in [1.165, 1.54) is 30.3 Å². The van der Waals surface area contributed by atoms with Crippen LogP contribution in [0.25, 0.3) is 0 Å². The molecular formula is C20H20F2N2O5. The number of halogens is 2. The highest BCUT2D eigenvalue weighted by molar-refractivity contribution is 5.95. The van der Waals surface area contributed by atoms with E-state index in [9.17, 15) is 23.7 Å². The van der Waals surface area contributed by atoms with Gasteiger partial charge in [-0.15, -0.1) is 0 Å². The minimum Gasteiger partial charge on any atom is -0.490 e. The predicted molar refractivity (Wildman–Crippen MR) is 100 cm³/mol. The molecular weight excluding hydrogens is 386 g/mol. The van der Waals surface area contributed by atoms with E-state index < -0.39 is 11.5 Å². The quantitative estimate of drug-likeness (QED) is 0.455. The van der Waals surface area contributed by atoms with Crippen molar-refractivity contribution in [3.63, 3.8) is 0 Å². The maximum absolute atomic E-state index is 13.0. The van der Waals surface area contributed by atoms with Crippen LogP contribution in [0.2, 0.25) is 0 Å². The van der Waals surface area contributed by atoms with Crippen LogP contribution in [0.1, 0.15) is 35.7 Å². The minimum absolute atomic E-state index is 0.0364. The van der Waals surface area contributed by atoms with Gasteiger partial charge in [0.1, 0.15) is 0 Å². The molecule has 1 aliphatic rings. The van der Waals surface area contributed by atoms with Crippen LogP contribution in [0.3, 0.4) is 0 Å². The first-order valence-corrected chi connectivity index (χ1v) is 9.15. The lowest BCUT2D eigenvalue weighted by Gasteiger charge is -2.23. The molecule has 1 fully saturated rings. The molecule has 2 aromatic carbocycles. The Morgan fingerprint density at radius 2 is 2.00 bits per heavy atom. The Morgan fingerprint density at radius 3 is 2.62 bits per heavy atom. The summed E-state index contributed by atoms with van der Waals surface area (Å²) in [5.74, 6) is -0.223. The molecule has 0 aromatic heterocycles. The van der Waals surface area contributed by atoms with Gasteiger partial charge in [-0.3, -0.25) is 14.9 Å². The molecule has 1 aliphatic carbocycles. The zero-order valence-corrected chi connectivity index (χ0v) is 15.7. The van der Waals surface area contributed by atoms with Crippen molar-refractivity contribution in [1.82, 2.24) is 4.90 Å². The van der Waals surface area contributed by atoms with E-state index in [2.05, 4.69) is 4.74 Å². The van der Waals surface area contributed by atoms with Gasteiger partial charge in [-0.25, -0.2) is 0 Å². The second-order valence-electron chi connectivity index (χ2n) is 6.56. The third-order valence-electron chi connectivity index (χ3n) is 4.43. The first-order valence-electron chi connectivity index (χ1n) is 9.15. The van der Waals surface area contributed by atoms with Gasteiger partial charge < -0.3 is 14.4 Å². The molecule has 0 saturated heterocycles. The molecule has 0 atom stereocenters. The Morgan fingerprint density at radius 1 is 1.24 bits per heavy atom. The predicted octanol–water partition coefficient (Wildman–Crippen LogP) is 4.40. The Bertz CT molecular complexity index is 902. The lowest BCUT2D eigenvalue weighted by atomic mass is 10.1. The summed E-state index contributed by atoms with van der Waals surface area (Å²) in [6, 6.07) is 10.2. The van der Waals surface area contributed by atoms with Gasteiger partial charge in [-0.2, -0.15) is 8.78 Å². The molecule has 154 valence electrons. The smallest absolute Gasteiger partial charge is 0.387 e. The van der Waals surface area contributed by atoms with E-state index in [0.717, 1.165) is 12.8 Å². The van der Waals surface area contributed by atoms with Crippen LogP contribution in [0.4, 0.5) is 14.5 Å². The number of hydrogen-bond donors (Lipinski definition) is 0. The van der Waals surface area contributed by atoms with Crippen LogP contribution in [0.15, 0.2) is 42.5 Å². The number of ether oxygens (including phenoxy) is 2. The van der Waals surface area contributed by atoms with Crippen molar-refractivity contribution >= 4 is 11.6 Å². The number of amides is 1. The fourth-order valence-corrected chi connectivity index (χ4v) is 2.98. The normalized spacial score (nSPS) is 13.2. The number of non-ortho nitro benzene ring substituents is 1. The number of nitro benzene ring substituents is 1. The fraction of sp³-hybridized carbons (Fsp3) is 0.350. The molecule has 0 unspecified atom stereocenters. The van der Waals surface area contributed by atoms with E-state index in [-0.39, 0.29) is 47.9 Å². The number of carbonyl (C=O) groups is 1. The zero-order chi connectivity index (χ0) is 21.0. The van der Waals surface area contributed by atoms with E-state index >= 15 is 0 Å². The summed E-state index contributed by atoms with van der Waals surface area (Å²) < 4.78 is 35.0. The molecule has 3 rings (SSSR count). The summed E-state index contributed by atoms with van der Waals surface area (Å²) in [4.78, 5) is 25.1. The summed E-state index contributed by atoms with van der Waals surface area (Å²) >= 11 is 0. The number of alkyl halides is 2. The molecule has 0 aliphatic heterocycles. The molecule has 7 nitrogen and oxygen atoms in total. The van der Waals surface area contributed by atoms with Gasteiger partial charge in [0.25, 0.3) is 11.6 Å². The van der Waals surface area contributed by atoms with E-state index in [1.54, 1.807) is 24.0 Å². The molecule has 0 bridgehead atoms. The van der Waals surface area contributed by atoms with Gasteiger partial charge in [0.15, 0.2) is 11.5 Å². The highest BCUT2D eigenvalue weighted by Crippen LogP contribution is 2.34. The average molecular weight is 406 g/mol. The highest BCUT2D eigenvalue weighted by atomic mass is 19.3. The summed E-state index contributed by atoms with van der Waals surface area (Å²) in [6.07, 6.45) is 1.68. The third kappa shape index (κ3) is 5.18. The number of carbonyl (C=O) groups excluding carboxylic acids is 1. The molecule has 0 radical (unpaired) electrons. The average Bonchev–Trinajstić information content (AvgIpc) is 3.52. The van der Waals surface area contributed by atoms with Gasteiger partial charge in [-0.05, 0) is 43.5 Å². The fourth-order valence-electron chi connectivity index (χ4n) is 2.98. The first kappa shape index (κ1) is 20.5. The molecule has 9 heteroatoms. The number of nitrogens with zero attached hydrogens (tertiary/aromatic N) is 2. The van der Waals surface area contributed by atoms with E-state index in [0.29, 0.717) is 5.56 Å². The minimum atomic E-state index is -2.97. The maximum Gasteiger partial charge on any atom is 0.387 e. The second kappa shape index (κ2) is 8.85. The van der Waals surface area contributed by atoms with Crippen LogP contribution >= 0.6 is 0 Å². The maximum atomic E-state index is 13.0. The number of rotatable bonds is 9. The lowest BCUT2D eigenvalue weighted by molar-refractivity contribution is -0.384. The molecule has 1 saturated carbocycles. The van der Waals surface area contributed by atoms with Crippen LogP contribution in [-0.4, -0.2) is 35.0 Å². The number of hydrogen-bond acceptors (Lipinski definition) is 5.